The van der Waals surface area contributed by atoms with Crippen molar-refractivity contribution < 1.29 is 38.3 Å². The van der Waals surface area contributed by atoms with Crippen LogP contribution in [-0.4, -0.2) is 72.7 Å². The zero-order chi connectivity index (χ0) is 18.6. The lowest BCUT2D eigenvalue weighted by molar-refractivity contribution is -0.251. The van der Waals surface area contributed by atoms with E-state index in [2.05, 4.69) is 4.72 Å². The van der Waals surface area contributed by atoms with Crippen molar-refractivity contribution in [3.8, 4) is 5.75 Å². The molecule has 0 aliphatic carbocycles. The second-order valence-corrected chi connectivity index (χ2v) is 7.41. The van der Waals surface area contributed by atoms with Gasteiger partial charge in [0.1, 0.15) is 30.1 Å². The van der Waals surface area contributed by atoms with Gasteiger partial charge in [0, 0.05) is 0 Å². The molecule has 1 aromatic rings. The fourth-order valence-corrected chi connectivity index (χ4v) is 3.65. The van der Waals surface area contributed by atoms with Crippen LogP contribution in [0, 0.1) is 0 Å². The van der Waals surface area contributed by atoms with Gasteiger partial charge in [0.05, 0.1) is 18.1 Å². The molecule has 5 N–H and O–H groups in total. The van der Waals surface area contributed by atoms with E-state index < -0.39 is 47.3 Å². The summed E-state index contributed by atoms with van der Waals surface area (Å²) < 4.78 is 37.2. The van der Waals surface area contributed by atoms with Crippen molar-refractivity contribution in [2.24, 2.45) is 0 Å². The van der Waals surface area contributed by atoms with E-state index in [1.807, 2.05) is 6.92 Å². The molecule has 1 aliphatic heterocycles. The highest BCUT2D eigenvalue weighted by atomic mass is 32.2. The third-order valence-electron chi connectivity index (χ3n) is 3.80. The molecule has 0 amide bonds. The number of nitrogens with one attached hydrogen (secondary N) is 1. The second kappa shape index (κ2) is 8.41. The number of aliphatic hydroxyl groups excluding tert-OH is 4. The number of benzene rings is 1. The van der Waals surface area contributed by atoms with E-state index in [1.165, 1.54) is 24.3 Å². The molecule has 0 spiro atoms. The largest absolute Gasteiger partial charge is 0.494 e. The number of ether oxygens (including phenoxy) is 2. The van der Waals surface area contributed by atoms with E-state index in [9.17, 15) is 23.7 Å². The molecule has 1 fully saturated rings. The van der Waals surface area contributed by atoms with Crippen molar-refractivity contribution in [3.63, 3.8) is 0 Å². The predicted octanol–water partition coefficient (Wildman–Crippen LogP) is -1.45. The number of aliphatic hydroxyl groups is 4. The van der Waals surface area contributed by atoms with Gasteiger partial charge >= 0.3 is 0 Å². The van der Waals surface area contributed by atoms with E-state index in [4.69, 9.17) is 14.6 Å². The molecule has 0 saturated carbocycles. The van der Waals surface area contributed by atoms with E-state index in [1.54, 1.807) is 0 Å². The van der Waals surface area contributed by atoms with Crippen LogP contribution < -0.4 is 9.46 Å². The monoisotopic (exact) mass is 377 g/mol. The van der Waals surface area contributed by atoms with Crippen LogP contribution in [0.3, 0.4) is 0 Å². The Kier molecular flexibility index (Phi) is 6.74. The summed E-state index contributed by atoms with van der Waals surface area (Å²) >= 11 is 0. The molecular weight excluding hydrogens is 354 g/mol. The number of hydrogen-bond donors (Lipinski definition) is 5. The Morgan fingerprint density at radius 1 is 1.16 bits per heavy atom. The van der Waals surface area contributed by atoms with Gasteiger partial charge in [-0.05, 0) is 30.7 Å². The minimum Gasteiger partial charge on any atom is -0.494 e. The van der Waals surface area contributed by atoms with Crippen LogP contribution in [0.5, 0.6) is 5.75 Å². The Bertz CT molecular complexity index is 650. The lowest BCUT2D eigenvalue weighted by Gasteiger charge is -2.40. The van der Waals surface area contributed by atoms with Gasteiger partial charge < -0.3 is 29.9 Å². The van der Waals surface area contributed by atoms with Crippen molar-refractivity contribution >= 4 is 10.0 Å². The van der Waals surface area contributed by atoms with Gasteiger partial charge in [-0.15, -0.1) is 0 Å². The van der Waals surface area contributed by atoms with Gasteiger partial charge in [0.2, 0.25) is 10.0 Å². The lowest BCUT2D eigenvalue weighted by atomic mass is 9.98. The predicted molar refractivity (Wildman–Crippen MR) is 86.3 cm³/mol. The number of rotatable bonds is 7. The summed E-state index contributed by atoms with van der Waals surface area (Å²) in [5.74, 6) is 0.517. The first kappa shape index (κ1) is 20.0. The highest BCUT2D eigenvalue weighted by Crippen LogP contribution is 2.22. The van der Waals surface area contributed by atoms with E-state index >= 15 is 0 Å². The number of hydrogen-bond acceptors (Lipinski definition) is 8. The van der Waals surface area contributed by atoms with Crippen molar-refractivity contribution in [3.05, 3.63) is 24.3 Å². The van der Waals surface area contributed by atoms with Crippen molar-refractivity contribution in [2.45, 2.75) is 48.9 Å². The van der Waals surface area contributed by atoms with E-state index in [-0.39, 0.29) is 4.90 Å². The molecule has 0 bridgehead atoms. The van der Waals surface area contributed by atoms with Crippen molar-refractivity contribution in [1.29, 1.82) is 0 Å². The molecule has 1 heterocycles. The zero-order valence-electron chi connectivity index (χ0n) is 13.6. The molecule has 9 nitrogen and oxygen atoms in total. The van der Waals surface area contributed by atoms with Crippen LogP contribution in [0.4, 0.5) is 0 Å². The third-order valence-corrected chi connectivity index (χ3v) is 5.27. The summed E-state index contributed by atoms with van der Waals surface area (Å²) in [5, 5.41) is 38.7. The summed E-state index contributed by atoms with van der Waals surface area (Å²) in [6.45, 7) is 1.82. The van der Waals surface area contributed by atoms with Gasteiger partial charge in [-0.2, -0.15) is 0 Å². The molecule has 10 heteroatoms. The molecule has 1 aliphatic rings. The van der Waals surface area contributed by atoms with Gasteiger partial charge in [-0.3, -0.25) is 0 Å². The lowest BCUT2D eigenvalue weighted by Crippen LogP contribution is -2.64. The van der Waals surface area contributed by atoms with E-state index in [0.717, 1.165) is 6.42 Å². The maximum atomic E-state index is 12.4. The normalized spacial score (nSPS) is 30.2. The van der Waals surface area contributed by atoms with Crippen LogP contribution in [-0.2, 0) is 14.8 Å². The molecule has 5 atom stereocenters. The number of sulfonamides is 1. The fraction of sp³-hybridized carbons (Fsp3) is 0.600. The maximum absolute atomic E-state index is 12.4. The minimum absolute atomic E-state index is 0.102. The third kappa shape index (κ3) is 4.67. The first-order chi connectivity index (χ1) is 11.8. The summed E-state index contributed by atoms with van der Waals surface area (Å²) in [6, 6.07) is 4.14. The SMILES string of the molecule is CCCOc1ccc(S(=O)(=O)NC2C(O)OC(CO)C(O)C2O)cc1. The van der Waals surface area contributed by atoms with Crippen LogP contribution >= 0.6 is 0 Å². The Morgan fingerprint density at radius 2 is 1.80 bits per heavy atom. The topological polar surface area (TPSA) is 146 Å². The molecular formula is C15H23NO8S. The average Bonchev–Trinajstić information content (AvgIpc) is 2.60. The summed E-state index contributed by atoms with van der Waals surface area (Å²) in [7, 11) is -4.09. The van der Waals surface area contributed by atoms with Gasteiger partial charge in [0.15, 0.2) is 6.29 Å². The van der Waals surface area contributed by atoms with Gasteiger partial charge in [0.25, 0.3) is 0 Å². The smallest absolute Gasteiger partial charge is 0.241 e. The first-order valence-corrected chi connectivity index (χ1v) is 9.34. The first-order valence-electron chi connectivity index (χ1n) is 7.86. The van der Waals surface area contributed by atoms with Crippen LogP contribution in [0.1, 0.15) is 13.3 Å². The van der Waals surface area contributed by atoms with E-state index in [0.29, 0.717) is 12.4 Å². The second-order valence-electron chi connectivity index (χ2n) is 5.70. The molecule has 142 valence electrons. The standard InChI is InChI=1S/C15H23NO8S/c1-2-7-23-9-3-5-10(6-4-9)25(21,22)16-12-14(19)13(18)11(8-17)24-15(12)20/h3-6,11-20H,2,7-8H2,1H3. The van der Waals surface area contributed by atoms with Gasteiger partial charge in [-0.25, -0.2) is 13.1 Å². The molecule has 5 unspecified atom stereocenters. The zero-order valence-corrected chi connectivity index (χ0v) is 14.5. The summed E-state index contributed by atoms with van der Waals surface area (Å²) in [6.07, 6.45) is -5.32. The quantitative estimate of drug-likeness (QED) is 0.388. The maximum Gasteiger partial charge on any atom is 0.241 e. The van der Waals surface area contributed by atoms with Crippen LogP contribution in [0.2, 0.25) is 0 Å². The molecule has 25 heavy (non-hydrogen) atoms. The Hall–Kier alpha value is -1.27. The molecule has 0 aromatic heterocycles. The highest BCUT2D eigenvalue weighted by Gasteiger charge is 2.45. The Morgan fingerprint density at radius 3 is 2.36 bits per heavy atom. The Balaban J connectivity index is 2.12. The Labute approximate surface area is 145 Å². The fourth-order valence-electron chi connectivity index (χ4n) is 2.41. The highest BCUT2D eigenvalue weighted by molar-refractivity contribution is 7.89. The van der Waals surface area contributed by atoms with Gasteiger partial charge in [-0.1, -0.05) is 6.92 Å². The van der Waals surface area contributed by atoms with Crippen molar-refractivity contribution in [2.75, 3.05) is 13.2 Å². The van der Waals surface area contributed by atoms with Crippen LogP contribution in [0.25, 0.3) is 0 Å². The minimum atomic E-state index is -4.09. The van der Waals surface area contributed by atoms with Crippen molar-refractivity contribution in [1.82, 2.24) is 4.72 Å². The molecule has 2 rings (SSSR count). The molecule has 1 saturated heterocycles. The molecule has 0 radical (unpaired) electrons. The van der Waals surface area contributed by atoms with Crippen LogP contribution in [0.15, 0.2) is 29.2 Å². The molecule has 1 aromatic carbocycles. The average molecular weight is 377 g/mol. The summed E-state index contributed by atoms with van der Waals surface area (Å²) in [5.41, 5.74) is 0. The summed E-state index contributed by atoms with van der Waals surface area (Å²) in [4.78, 5) is -0.102.